The number of amides is 1. The molecule has 10 heteroatoms. The molecule has 178 valence electrons. The lowest BCUT2D eigenvalue weighted by atomic mass is 10.0. The number of alkyl halides is 2. The van der Waals surface area contributed by atoms with Gasteiger partial charge in [-0.05, 0) is 29.8 Å². The van der Waals surface area contributed by atoms with Gasteiger partial charge in [-0.25, -0.2) is 18.2 Å². The Kier molecular flexibility index (Phi) is 7.30. The van der Waals surface area contributed by atoms with Gasteiger partial charge in [0, 0.05) is 12.0 Å². The highest BCUT2D eigenvalue weighted by molar-refractivity contribution is 6.04. The Morgan fingerprint density at radius 3 is 2.49 bits per heavy atom. The molecule has 0 fully saturated rings. The van der Waals surface area contributed by atoms with Gasteiger partial charge in [0.05, 0.1) is 11.6 Å². The molecule has 0 unspecified atom stereocenters. The van der Waals surface area contributed by atoms with Gasteiger partial charge in [0.15, 0.2) is 11.6 Å². The van der Waals surface area contributed by atoms with Gasteiger partial charge in [-0.2, -0.15) is 0 Å². The number of hydrogen-bond donors (Lipinski definition) is 1. The van der Waals surface area contributed by atoms with Crippen LogP contribution in [0.3, 0.4) is 0 Å². The van der Waals surface area contributed by atoms with Gasteiger partial charge in [-0.15, -0.1) is 10.2 Å². The van der Waals surface area contributed by atoms with Gasteiger partial charge in [0.1, 0.15) is 37.0 Å². The minimum Gasteiger partial charge on any atom is -0.306 e. The van der Waals surface area contributed by atoms with E-state index >= 15 is 0 Å². The van der Waals surface area contributed by atoms with E-state index in [0.29, 0.717) is 11.1 Å². The van der Waals surface area contributed by atoms with Gasteiger partial charge in [0.25, 0.3) is 5.91 Å². The van der Waals surface area contributed by atoms with Crippen LogP contribution in [0.5, 0.6) is 0 Å². The summed E-state index contributed by atoms with van der Waals surface area (Å²) >= 11 is 0. The van der Waals surface area contributed by atoms with Crippen molar-refractivity contribution in [2.24, 2.45) is 0 Å². The number of nitrogens with zero attached hydrogens (tertiary/aromatic N) is 4. The molecule has 0 saturated heterocycles. The summed E-state index contributed by atoms with van der Waals surface area (Å²) in [6.07, 6.45) is 1.20. The topological polar surface area (TPSA) is 89.8 Å². The first-order valence-corrected chi connectivity index (χ1v) is 10.7. The minimum absolute atomic E-state index is 0.00171. The quantitative estimate of drug-likeness (QED) is 0.354. The molecule has 0 bridgehead atoms. The van der Waals surface area contributed by atoms with E-state index in [2.05, 4.69) is 20.5 Å². The Morgan fingerprint density at radius 1 is 0.971 bits per heavy atom. The van der Waals surface area contributed by atoms with Crippen LogP contribution in [0.15, 0.2) is 73.1 Å². The standard InChI is InChI=1S/C25H20F3N5O2/c26-13-18(14-27)33-15-29-32-24(33)21-7-4-8-23(30-21)31-25(35)19-11-16(9-10-20(19)28)12-22(34)17-5-2-1-3-6-17/h1-11,15,18H,12-14H2,(H,30,31,35). The summed E-state index contributed by atoms with van der Waals surface area (Å²) in [5.74, 6) is -1.50. The van der Waals surface area contributed by atoms with Gasteiger partial charge in [0.2, 0.25) is 0 Å². The van der Waals surface area contributed by atoms with Crippen molar-refractivity contribution in [3.63, 3.8) is 0 Å². The lowest BCUT2D eigenvalue weighted by Gasteiger charge is -2.13. The monoisotopic (exact) mass is 479 g/mol. The summed E-state index contributed by atoms with van der Waals surface area (Å²) in [6, 6.07) is 16.0. The minimum atomic E-state index is -1.10. The number of halogens is 3. The van der Waals surface area contributed by atoms with Crippen LogP contribution in [0.25, 0.3) is 11.5 Å². The van der Waals surface area contributed by atoms with Crippen molar-refractivity contribution >= 4 is 17.5 Å². The maximum absolute atomic E-state index is 14.4. The van der Waals surface area contributed by atoms with Gasteiger partial charge in [-0.1, -0.05) is 42.5 Å². The summed E-state index contributed by atoms with van der Waals surface area (Å²) in [5, 5.41) is 10.1. The Labute approximate surface area is 198 Å². The third-order valence-electron chi connectivity index (χ3n) is 5.28. The lowest BCUT2D eigenvalue weighted by Crippen LogP contribution is -2.16. The van der Waals surface area contributed by atoms with E-state index in [0.717, 1.165) is 6.07 Å². The van der Waals surface area contributed by atoms with Crippen LogP contribution < -0.4 is 5.32 Å². The molecule has 0 spiro atoms. The maximum atomic E-state index is 14.4. The summed E-state index contributed by atoms with van der Waals surface area (Å²) in [4.78, 5) is 29.5. The molecular formula is C25H20F3N5O2. The van der Waals surface area contributed by atoms with Crippen molar-refractivity contribution in [2.75, 3.05) is 18.7 Å². The zero-order chi connectivity index (χ0) is 24.8. The Morgan fingerprint density at radius 2 is 1.74 bits per heavy atom. The third kappa shape index (κ3) is 5.43. The van der Waals surface area contributed by atoms with Crippen molar-refractivity contribution < 1.29 is 22.8 Å². The van der Waals surface area contributed by atoms with Crippen molar-refractivity contribution in [3.8, 4) is 11.5 Å². The maximum Gasteiger partial charge on any atom is 0.259 e. The molecule has 4 aromatic rings. The number of rotatable bonds is 9. The fourth-order valence-electron chi connectivity index (χ4n) is 3.46. The fourth-order valence-corrected chi connectivity index (χ4v) is 3.46. The molecule has 0 radical (unpaired) electrons. The van der Waals surface area contributed by atoms with E-state index in [1.165, 1.54) is 29.1 Å². The van der Waals surface area contributed by atoms with Crippen LogP contribution in [-0.2, 0) is 6.42 Å². The average Bonchev–Trinajstić information content (AvgIpc) is 3.36. The average molecular weight is 479 g/mol. The number of Topliss-reactive ketones (excluding diaryl/α,β-unsaturated/α-hetero) is 1. The number of carbonyl (C=O) groups excluding carboxylic acids is 2. The Bertz CT molecular complexity index is 1340. The summed E-state index contributed by atoms with van der Waals surface area (Å²) in [7, 11) is 0. The zero-order valence-corrected chi connectivity index (χ0v) is 18.4. The number of hydrogen-bond acceptors (Lipinski definition) is 5. The smallest absolute Gasteiger partial charge is 0.259 e. The zero-order valence-electron chi connectivity index (χ0n) is 18.4. The molecule has 2 aromatic heterocycles. The van der Waals surface area contributed by atoms with Crippen molar-refractivity contribution in [2.45, 2.75) is 12.5 Å². The van der Waals surface area contributed by atoms with Crippen LogP contribution in [-0.4, -0.2) is 44.8 Å². The first kappa shape index (κ1) is 23.8. The number of benzene rings is 2. The molecule has 2 heterocycles. The number of nitrogens with one attached hydrogen (secondary N) is 1. The second-order valence-corrected chi connectivity index (χ2v) is 7.67. The van der Waals surface area contributed by atoms with Crippen LogP contribution in [0.1, 0.15) is 32.3 Å². The highest BCUT2D eigenvalue weighted by Crippen LogP contribution is 2.22. The largest absolute Gasteiger partial charge is 0.306 e. The van der Waals surface area contributed by atoms with Gasteiger partial charge < -0.3 is 9.88 Å². The molecule has 1 amide bonds. The molecule has 0 atom stereocenters. The molecular weight excluding hydrogens is 459 g/mol. The molecule has 0 aliphatic rings. The molecule has 2 aromatic carbocycles. The third-order valence-corrected chi connectivity index (χ3v) is 5.28. The Balaban J connectivity index is 1.53. The normalized spacial score (nSPS) is 11.0. The lowest BCUT2D eigenvalue weighted by molar-refractivity contribution is 0.0988. The van der Waals surface area contributed by atoms with Gasteiger partial charge in [-0.3, -0.25) is 9.59 Å². The van der Waals surface area contributed by atoms with E-state index < -0.39 is 31.1 Å². The number of ketones is 1. The SMILES string of the molecule is O=C(Cc1ccc(F)c(C(=O)Nc2cccc(-c3nncn3C(CF)CF)n2)c1)c1ccccc1. The Hall–Kier alpha value is -4.34. The van der Waals surface area contributed by atoms with E-state index in [1.807, 2.05) is 0 Å². The first-order valence-electron chi connectivity index (χ1n) is 10.7. The molecule has 1 N–H and O–H groups in total. The molecule has 35 heavy (non-hydrogen) atoms. The first-order chi connectivity index (χ1) is 17.0. The number of pyridine rings is 1. The van der Waals surface area contributed by atoms with E-state index in [1.54, 1.807) is 42.5 Å². The molecule has 7 nitrogen and oxygen atoms in total. The molecule has 0 saturated carbocycles. The highest BCUT2D eigenvalue weighted by Gasteiger charge is 2.19. The summed E-state index contributed by atoms with van der Waals surface area (Å²) in [6.45, 7) is -1.92. The van der Waals surface area contributed by atoms with Crippen LogP contribution in [0.2, 0.25) is 0 Å². The summed E-state index contributed by atoms with van der Waals surface area (Å²) in [5.41, 5.74) is 0.951. The fraction of sp³-hybridized carbons (Fsp3) is 0.160. The second-order valence-electron chi connectivity index (χ2n) is 7.67. The number of anilines is 1. The number of aromatic nitrogens is 4. The van der Waals surface area contributed by atoms with Crippen LogP contribution >= 0.6 is 0 Å². The van der Waals surface area contributed by atoms with Crippen molar-refractivity contribution in [3.05, 3.63) is 95.6 Å². The van der Waals surface area contributed by atoms with Gasteiger partial charge >= 0.3 is 0 Å². The highest BCUT2D eigenvalue weighted by atomic mass is 19.1. The molecule has 0 aliphatic heterocycles. The van der Waals surface area contributed by atoms with E-state index in [-0.39, 0.29) is 35.1 Å². The predicted molar refractivity (Wildman–Crippen MR) is 123 cm³/mol. The second kappa shape index (κ2) is 10.7. The molecule has 4 rings (SSSR count). The van der Waals surface area contributed by atoms with E-state index in [4.69, 9.17) is 0 Å². The number of carbonyl (C=O) groups is 2. The van der Waals surface area contributed by atoms with Crippen LogP contribution in [0, 0.1) is 5.82 Å². The van der Waals surface area contributed by atoms with Crippen molar-refractivity contribution in [1.82, 2.24) is 19.7 Å². The summed E-state index contributed by atoms with van der Waals surface area (Å²) < 4.78 is 42.0. The molecule has 0 aliphatic carbocycles. The van der Waals surface area contributed by atoms with Crippen molar-refractivity contribution in [1.29, 1.82) is 0 Å². The van der Waals surface area contributed by atoms with E-state index in [9.17, 15) is 22.8 Å². The predicted octanol–water partition coefficient (Wildman–Crippen LogP) is 4.64. The van der Waals surface area contributed by atoms with Crippen LogP contribution in [0.4, 0.5) is 19.0 Å².